The number of likely N-dealkylation sites (tertiary alicyclic amines) is 1. The lowest BCUT2D eigenvalue weighted by Crippen LogP contribution is -3.17. The lowest BCUT2D eigenvalue weighted by atomic mass is 10.0. The van der Waals surface area contributed by atoms with Crippen molar-refractivity contribution in [3.63, 3.8) is 0 Å². The summed E-state index contributed by atoms with van der Waals surface area (Å²) in [5.41, 5.74) is 4.30. The Kier molecular flexibility index (Phi) is 4.55. The summed E-state index contributed by atoms with van der Waals surface area (Å²) < 4.78 is 0. The van der Waals surface area contributed by atoms with Gasteiger partial charge in [0.25, 0.3) is 0 Å². The number of H-pyrrole nitrogens is 1. The molecule has 2 aromatic rings. The number of hydrogen-bond acceptors (Lipinski definition) is 1. The van der Waals surface area contributed by atoms with Crippen LogP contribution in [-0.4, -0.2) is 38.2 Å². The van der Waals surface area contributed by atoms with Crippen molar-refractivity contribution < 1.29 is 9.80 Å². The molecule has 0 aliphatic carbocycles. The predicted octanol–water partition coefficient (Wildman–Crippen LogP) is -0.163. The molecule has 1 fully saturated rings. The number of piperidine rings is 1. The number of pyridine rings is 1. The molecule has 4 nitrogen and oxygen atoms in total. The fourth-order valence-corrected chi connectivity index (χ4v) is 3.86. The van der Waals surface area contributed by atoms with E-state index in [-0.39, 0.29) is 5.43 Å². The third-order valence-electron chi connectivity index (χ3n) is 5.55. The number of rotatable bonds is 3. The quantitative estimate of drug-likeness (QED) is 0.724. The summed E-state index contributed by atoms with van der Waals surface area (Å²) in [5, 5.41) is 0.825. The number of aromatic amines is 1. The lowest BCUT2D eigenvalue weighted by molar-refractivity contribution is -0.948. The van der Waals surface area contributed by atoms with Crippen molar-refractivity contribution in [3.05, 3.63) is 45.2 Å². The Morgan fingerprint density at radius 2 is 1.96 bits per heavy atom. The van der Waals surface area contributed by atoms with Gasteiger partial charge in [-0.3, -0.25) is 4.79 Å². The molecule has 23 heavy (non-hydrogen) atoms. The molecule has 0 amide bonds. The van der Waals surface area contributed by atoms with E-state index in [0.717, 1.165) is 34.3 Å². The Labute approximate surface area is 138 Å². The normalized spacial score (nSPS) is 23.1. The van der Waals surface area contributed by atoms with E-state index < -0.39 is 0 Å². The number of fused-ring (bicyclic) bond motifs is 1. The zero-order chi connectivity index (χ0) is 16.6. The van der Waals surface area contributed by atoms with Gasteiger partial charge in [0, 0.05) is 23.9 Å². The van der Waals surface area contributed by atoms with Gasteiger partial charge in [0.2, 0.25) is 0 Å². The van der Waals surface area contributed by atoms with Gasteiger partial charge in [-0.2, -0.15) is 0 Å². The topological polar surface area (TPSA) is 41.7 Å². The standard InChI is InChI=1S/C19H27N3O/c1-13-6-5-7-16-18(13)20-14(2)17(19(16)23)12-22(4)15-8-10-21(3)11-9-15/h5-7,15H,8-12H2,1-4H3,(H,20,23)/p+2. The number of nitrogens with one attached hydrogen (secondary N) is 3. The Hall–Kier alpha value is -1.65. The third kappa shape index (κ3) is 3.19. The van der Waals surface area contributed by atoms with E-state index in [4.69, 9.17) is 0 Å². The molecule has 1 saturated heterocycles. The van der Waals surface area contributed by atoms with Crippen molar-refractivity contribution in [2.75, 3.05) is 27.2 Å². The molecule has 1 aliphatic heterocycles. The van der Waals surface area contributed by atoms with Gasteiger partial charge in [0.1, 0.15) is 6.54 Å². The van der Waals surface area contributed by atoms with Crippen molar-refractivity contribution in [2.24, 2.45) is 0 Å². The highest BCUT2D eigenvalue weighted by atomic mass is 16.1. The highest BCUT2D eigenvalue weighted by Crippen LogP contribution is 2.15. The van der Waals surface area contributed by atoms with Crippen LogP contribution in [0.25, 0.3) is 10.9 Å². The molecule has 3 rings (SSSR count). The zero-order valence-corrected chi connectivity index (χ0v) is 14.8. The average Bonchev–Trinajstić information content (AvgIpc) is 2.53. The van der Waals surface area contributed by atoms with Gasteiger partial charge in [-0.15, -0.1) is 0 Å². The highest BCUT2D eigenvalue weighted by Gasteiger charge is 2.27. The van der Waals surface area contributed by atoms with Gasteiger partial charge >= 0.3 is 0 Å². The first kappa shape index (κ1) is 16.2. The second-order valence-electron chi connectivity index (χ2n) is 7.31. The van der Waals surface area contributed by atoms with Crippen LogP contribution in [0.2, 0.25) is 0 Å². The molecule has 3 N–H and O–H groups in total. The molecule has 0 spiro atoms. The van der Waals surface area contributed by atoms with Crippen LogP contribution in [-0.2, 0) is 6.54 Å². The van der Waals surface area contributed by atoms with E-state index in [1.54, 1.807) is 4.90 Å². The third-order valence-corrected chi connectivity index (χ3v) is 5.55. The number of aryl methyl sites for hydroxylation is 2. The summed E-state index contributed by atoms with van der Waals surface area (Å²) in [7, 11) is 4.51. The van der Waals surface area contributed by atoms with Crippen LogP contribution >= 0.6 is 0 Å². The summed E-state index contributed by atoms with van der Waals surface area (Å²) >= 11 is 0. The van der Waals surface area contributed by atoms with E-state index >= 15 is 0 Å². The maximum Gasteiger partial charge on any atom is 0.198 e. The average molecular weight is 315 g/mol. The Bertz CT molecular complexity index is 757. The Balaban J connectivity index is 1.90. The van der Waals surface area contributed by atoms with Gasteiger partial charge in [0.15, 0.2) is 5.43 Å². The van der Waals surface area contributed by atoms with Crippen molar-refractivity contribution in [3.8, 4) is 0 Å². The molecule has 4 heteroatoms. The van der Waals surface area contributed by atoms with Crippen LogP contribution in [0.5, 0.6) is 0 Å². The minimum absolute atomic E-state index is 0.206. The molecular weight excluding hydrogens is 286 g/mol. The largest absolute Gasteiger partial charge is 0.358 e. The Morgan fingerprint density at radius 1 is 1.26 bits per heavy atom. The summed E-state index contributed by atoms with van der Waals surface area (Å²) in [4.78, 5) is 19.5. The lowest BCUT2D eigenvalue weighted by Gasteiger charge is -2.30. The molecule has 0 radical (unpaired) electrons. The molecule has 1 aromatic carbocycles. The van der Waals surface area contributed by atoms with Crippen LogP contribution in [0.15, 0.2) is 23.0 Å². The van der Waals surface area contributed by atoms with Crippen LogP contribution in [0.4, 0.5) is 0 Å². The van der Waals surface area contributed by atoms with E-state index in [0.29, 0.717) is 6.04 Å². The molecule has 124 valence electrons. The van der Waals surface area contributed by atoms with Gasteiger partial charge in [-0.1, -0.05) is 12.1 Å². The molecule has 1 unspecified atom stereocenters. The molecule has 1 aromatic heterocycles. The second kappa shape index (κ2) is 6.46. The van der Waals surface area contributed by atoms with E-state index in [1.165, 1.54) is 30.8 Å². The van der Waals surface area contributed by atoms with E-state index in [2.05, 4.69) is 32.1 Å². The number of benzene rings is 1. The van der Waals surface area contributed by atoms with Gasteiger partial charge in [0.05, 0.1) is 44.3 Å². The van der Waals surface area contributed by atoms with Gasteiger partial charge < -0.3 is 14.8 Å². The first-order chi connectivity index (χ1) is 11.0. The van der Waals surface area contributed by atoms with Crippen LogP contribution in [0.1, 0.15) is 29.7 Å². The summed E-state index contributed by atoms with van der Waals surface area (Å²) in [6, 6.07) is 6.64. The number of hydrogen-bond donors (Lipinski definition) is 3. The molecule has 1 aliphatic rings. The summed E-state index contributed by atoms with van der Waals surface area (Å²) in [6.45, 7) is 7.39. The van der Waals surface area contributed by atoms with Crippen molar-refractivity contribution in [1.29, 1.82) is 0 Å². The molecule has 0 saturated carbocycles. The number of aromatic nitrogens is 1. The monoisotopic (exact) mass is 315 g/mol. The minimum atomic E-state index is 0.206. The number of quaternary nitrogens is 2. The Morgan fingerprint density at radius 3 is 2.65 bits per heavy atom. The van der Waals surface area contributed by atoms with Crippen LogP contribution < -0.4 is 15.2 Å². The number of para-hydroxylation sites is 1. The molecule has 1 atom stereocenters. The summed E-state index contributed by atoms with van der Waals surface area (Å²) in [6.07, 6.45) is 2.50. The molecule has 0 bridgehead atoms. The van der Waals surface area contributed by atoms with Crippen molar-refractivity contribution >= 4 is 10.9 Å². The van der Waals surface area contributed by atoms with Crippen molar-refractivity contribution in [1.82, 2.24) is 4.98 Å². The second-order valence-corrected chi connectivity index (χ2v) is 7.31. The van der Waals surface area contributed by atoms with Crippen molar-refractivity contribution in [2.45, 2.75) is 39.3 Å². The fraction of sp³-hybridized carbons (Fsp3) is 0.526. The minimum Gasteiger partial charge on any atom is -0.358 e. The fourth-order valence-electron chi connectivity index (χ4n) is 3.86. The molecule has 2 heterocycles. The highest BCUT2D eigenvalue weighted by molar-refractivity contribution is 5.82. The predicted molar refractivity (Wildman–Crippen MR) is 94.3 cm³/mol. The van der Waals surface area contributed by atoms with Gasteiger partial charge in [-0.05, 0) is 25.5 Å². The first-order valence-electron chi connectivity index (χ1n) is 8.72. The SMILES string of the molecule is Cc1[nH]c2c(C)cccc2c(=O)c1C[NH+](C)C1CC[NH+](C)CC1. The zero-order valence-electron chi connectivity index (χ0n) is 14.8. The smallest absolute Gasteiger partial charge is 0.198 e. The van der Waals surface area contributed by atoms with Gasteiger partial charge in [-0.25, -0.2) is 0 Å². The first-order valence-corrected chi connectivity index (χ1v) is 8.72. The van der Waals surface area contributed by atoms with Crippen LogP contribution in [0, 0.1) is 13.8 Å². The maximum absolute atomic E-state index is 12.9. The van der Waals surface area contributed by atoms with Crippen LogP contribution in [0.3, 0.4) is 0 Å². The molecular formula is C19H29N3O+2. The maximum atomic E-state index is 12.9. The summed E-state index contributed by atoms with van der Waals surface area (Å²) in [5.74, 6) is 0. The van der Waals surface area contributed by atoms with E-state index in [1.807, 2.05) is 19.1 Å². The van der Waals surface area contributed by atoms with E-state index in [9.17, 15) is 4.79 Å².